The monoisotopic (exact) mass is 715 g/mol. The average molecular weight is 716 g/mol. The Kier molecular flexibility index (Phi) is 14.8. The normalized spacial score (nSPS) is 13.3. The van der Waals surface area contributed by atoms with Gasteiger partial charge >= 0.3 is 12.1 Å². The van der Waals surface area contributed by atoms with Crippen molar-refractivity contribution in [2.75, 3.05) is 6.54 Å². The zero-order chi connectivity index (χ0) is 38.6. The van der Waals surface area contributed by atoms with Crippen LogP contribution in [-0.2, 0) is 36.7 Å². The number of alkyl carbamates (subject to hydrolysis) is 1. The molecule has 3 unspecified atom stereocenters. The van der Waals surface area contributed by atoms with Crippen molar-refractivity contribution < 1.29 is 33.8 Å². The molecular weight excluding hydrogens is 658 g/mol. The Balaban J connectivity index is 2.16. The second-order valence-electron chi connectivity index (χ2n) is 15.3. The number of amides is 3. The fourth-order valence-corrected chi connectivity index (χ4v) is 5.80. The molecule has 0 saturated carbocycles. The second-order valence-corrected chi connectivity index (χ2v) is 15.3. The van der Waals surface area contributed by atoms with Crippen molar-refractivity contribution in [2.45, 2.75) is 124 Å². The first kappa shape index (κ1) is 41.6. The van der Waals surface area contributed by atoms with E-state index in [-0.39, 0.29) is 25.1 Å². The molecule has 3 N–H and O–H groups in total. The molecule has 3 amide bonds. The topological polar surface area (TPSA) is 134 Å². The lowest BCUT2D eigenvalue weighted by Gasteiger charge is -2.36. The fraction of sp³-hybridized carbons (Fsp3) is 0.476. The molecule has 0 fully saturated rings. The van der Waals surface area contributed by atoms with E-state index >= 15 is 0 Å². The molecule has 0 heterocycles. The Morgan fingerprint density at radius 3 is 1.92 bits per heavy atom. The van der Waals surface area contributed by atoms with Gasteiger partial charge in [0, 0.05) is 19.4 Å². The van der Waals surface area contributed by atoms with Crippen LogP contribution in [0.3, 0.4) is 0 Å². The molecule has 52 heavy (non-hydrogen) atoms. The summed E-state index contributed by atoms with van der Waals surface area (Å²) in [6, 6.07) is 18.0. The van der Waals surface area contributed by atoms with Crippen molar-refractivity contribution in [1.82, 2.24) is 15.5 Å². The van der Waals surface area contributed by atoms with Gasteiger partial charge in [-0.2, -0.15) is 0 Å². The largest absolute Gasteiger partial charge is 0.508 e. The molecule has 3 aromatic rings. The summed E-state index contributed by atoms with van der Waals surface area (Å²) in [4.78, 5) is 58.2. The van der Waals surface area contributed by atoms with Crippen molar-refractivity contribution in [3.63, 3.8) is 0 Å². The number of aromatic hydroxyl groups is 1. The Hall–Kier alpha value is -4.86. The first-order valence-corrected chi connectivity index (χ1v) is 18.1. The van der Waals surface area contributed by atoms with Crippen LogP contribution >= 0.6 is 0 Å². The van der Waals surface area contributed by atoms with Gasteiger partial charge in [-0.3, -0.25) is 9.59 Å². The van der Waals surface area contributed by atoms with Crippen molar-refractivity contribution in [3.05, 3.63) is 101 Å². The molecule has 282 valence electrons. The van der Waals surface area contributed by atoms with E-state index < -0.39 is 53.2 Å². The zero-order valence-corrected chi connectivity index (χ0v) is 32.2. The summed E-state index contributed by atoms with van der Waals surface area (Å²) < 4.78 is 11.3. The van der Waals surface area contributed by atoms with Crippen LogP contribution in [0.2, 0.25) is 0 Å². The highest BCUT2D eigenvalue weighted by molar-refractivity contribution is 5.94. The number of ether oxygens (including phenoxy) is 2. The molecule has 0 bridgehead atoms. The number of esters is 1. The van der Waals surface area contributed by atoms with Crippen LogP contribution in [0.5, 0.6) is 5.75 Å². The highest BCUT2D eigenvalue weighted by Gasteiger charge is 2.39. The molecule has 10 nitrogen and oxygen atoms in total. The molecule has 0 aliphatic carbocycles. The molecule has 0 radical (unpaired) electrons. The first-order chi connectivity index (χ1) is 24.4. The predicted molar refractivity (Wildman–Crippen MR) is 203 cm³/mol. The minimum Gasteiger partial charge on any atom is -0.508 e. The SMILES string of the molecule is CCCCCN(C(=O)C(Cc1ccc(O)cc1)NC(=O)OC(C)(C)C)C(C(=O)NC(Cc1ccccc1)C(=O)OC(C)(C)C)c1cccc(C)c1C. The zero-order valence-electron chi connectivity index (χ0n) is 32.2. The Labute approximate surface area is 309 Å². The number of hydrogen-bond acceptors (Lipinski definition) is 7. The van der Waals surface area contributed by atoms with Crippen LogP contribution in [0.1, 0.15) is 102 Å². The number of carbonyl (C=O) groups is 4. The summed E-state index contributed by atoms with van der Waals surface area (Å²) in [6.45, 7) is 16.6. The molecule has 3 rings (SSSR count). The number of phenols is 1. The summed E-state index contributed by atoms with van der Waals surface area (Å²) in [5.41, 5.74) is 2.23. The van der Waals surface area contributed by atoms with Gasteiger partial charge in [0.25, 0.3) is 0 Å². The van der Waals surface area contributed by atoms with E-state index in [0.29, 0.717) is 17.5 Å². The molecule has 0 aromatic heterocycles. The van der Waals surface area contributed by atoms with Crippen molar-refractivity contribution in [3.8, 4) is 5.75 Å². The average Bonchev–Trinajstić information content (AvgIpc) is 3.05. The standard InChI is InChI=1S/C42H57N3O7/c1-10-11-15-25-45(38(48)34(44-40(50)52-42(7,8)9)26-31-21-23-32(46)24-22-31)36(33-20-16-17-28(2)29(33)3)37(47)43-35(39(49)51-41(4,5)6)27-30-18-13-12-14-19-30/h12-14,16-24,34-36,46H,10-11,15,25-27H2,1-9H3,(H,43,47)(H,44,50). The summed E-state index contributed by atoms with van der Waals surface area (Å²) in [5.74, 6) is -1.57. The van der Waals surface area contributed by atoms with E-state index in [1.165, 1.54) is 17.0 Å². The number of carbonyl (C=O) groups excluding carboxylic acids is 4. The van der Waals surface area contributed by atoms with E-state index in [1.54, 1.807) is 53.7 Å². The van der Waals surface area contributed by atoms with Gasteiger partial charge in [-0.05, 0) is 102 Å². The third-order valence-corrected chi connectivity index (χ3v) is 8.44. The minimum atomic E-state index is -1.16. The Morgan fingerprint density at radius 2 is 1.33 bits per heavy atom. The highest BCUT2D eigenvalue weighted by Crippen LogP contribution is 2.29. The van der Waals surface area contributed by atoms with Crippen LogP contribution < -0.4 is 10.6 Å². The smallest absolute Gasteiger partial charge is 0.408 e. The minimum absolute atomic E-state index is 0.0645. The molecule has 10 heteroatoms. The molecule has 0 aliphatic heterocycles. The maximum Gasteiger partial charge on any atom is 0.408 e. The van der Waals surface area contributed by atoms with Gasteiger partial charge in [-0.1, -0.05) is 80.4 Å². The summed E-state index contributed by atoms with van der Waals surface area (Å²) in [7, 11) is 0. The molecule has 0 saturated heterocycles. The van der Waals surface area contributed by atoms with E-state index in [9.17, 15) is 24.3 Å². The lowest BCUT2D eigenvalue weighted by Crippen LogP contribution is -2.55. The molecule has 3 atom stereocenters. The van der Waals surface area contributed by atoms with E-state index in [0.717, 1.165) is 29.5 Å². The Bertz CT molecular complexity index is 1640. The predicted octanol–water partition coefficient (Wildman–Crippen LogP) is 7.27. The van der Waals surface area contributed by atoms with Gasteiger partial charge in [-0.15, -0.1) is 0 Å². The lowest BCUT2D eigenvalue weighted by atomic mass is 9.93. The maximum absolute atomic E-state index is 15.0. The number of aryl methyl sites for hydroxylation is 1. The van der Waals surface area contributed by atoms with Crippen LogP contribution in [0.15, 0.2) is 72.8 Å². The van der Waals surface area contributed by atoms with Crippen molar-refractivity contribution >= 4 is 23.9 Å². The highest BCUT2D eigenvalue weighted by atomic mass is 16.6. The van der Waals surface area contributed by atoms with Gasteiger partial charge in [0.1, 0.15) is 35.1 Å². The lowest BCUT2D eigenvalue weighted by molar-refractivity contribution is -0.159. The molecule has 0 aliphatic rings. The quantitative estimate of drug-likeness (QED) is 0.111. The van der Waals surface area contributed by atoms with Gasteiger partial charge in [-0.25, -0.2) is 9.59 Å². The van der Waals surface area contributed by atoms with Crippen LogP contribution in [0.25, 0.3) is 0 Å². The third-order valence-electron chi connectivity index (χ3n) is 8.44. The second kappa shape index (κ2) is 18.6. The maximum atomic E-state index is 15.0. The van der Waals surface area contributed by atoms with Crippen LogP contribution in [0, 0.1) is 13.8 Å². The van der Waals surface area contributed by atoms with Crippen molar-refractivity contribution in [1.29, 1.82) is 0 Å². The number of hydrogen-bond donors (Lipinski definition) is 3. The van der Waals surface area contributed by atoms with Crippen LogP contribution in [-0.4, -0.2) is 63.7 Å². The number of rotatable bonds is 15. The van der Waals surface area contributed by atoms with Gasteiger partial charge < -0.3 is 30.1 Å². The number of nitrogens with one attached hydrogen (secondary N) is 2. The van der Waals surface area contributed by atoms with Gasteiger partial charge in [0.2, 0.25) is 11.8 Å². The van der Waals surface area contributed by atoms with Crippen LogP contribution in [0.4, 0.5) is 4.79 Å². The number of phenolic OH excluding ortho intramolecular Hbond substituents is 1. The fourth-order valence-electron chi connectivity index (χ4n) is 5.80. The van der Waals surface area contributed by atoms with Crippen molar-refractivity contribution in [2.24, 2.45) is 0 Å². The molecule has 3 aromatic carbocycles. The summed E-state index contributed by atoms with van der Waals surface area (Å²) in [6.07, 6.45) is 1.72. The van der Waals surface area contributed by atoms with Gasteiger partial charge in [0.05, 0.1) is 0 Å². The van der Waals surface area contributed by atoms with E-state index in [4.69, 9.17) is 9.47 Å². The number of unbranched alkanes of at least 4 members (excludes halogenated alkanes) is 2. The molecular formula is C42H57N3O7. The van der Waals surface area contributed by atoms with E-state index in [2.05, 4.69) is 10.6 Å². The van der Waals surface area contributed by atoms with E-state index in [1.807, 2.05) is 69.3 Å². The number of nitrogens with zero attached hydrogens (tertiary/aromatic N) is 1. The third kappa shape index (κ3) is 13.0. The first-order valence-electron chi connectivity index (χ1n) is 18.1. The summed E-state index contributed by atoms with van der Waals surface area (Å²) in [5, 5.41) is 15.7. The Morgan fingerprint density at radius 1 is 0.731 bits per heavy atom. The number of benzene rings is 3. The summed E-state index contributed by atoms with van der Waals surface area (Å²) >= 11 is 0. The molecule has 0 spiro atoms. The van der Waals surface area contributed by atoms with Gasteiger partial charge in [0.15, 0.2) is 0 Å².